The Morgan fingerprint density at radius 1 is 0.292 bits per heavy atom. The third kappa shape index (κ3) is 9.02. The van der Waals surface area contributed by atoms with Gasteiger partial charge in [0.05, 0.1) is 0 Å². The van der Waals surface area contributed by atoms with Crippen molar-refractivity contribution < 1.29 is 70.2 Å². The Kier molecular flexibility index (Phi) is 13.9. The molecule has 0 unspecified atom stereocenters. The van der Waals surface area contributed by atoms with Gasteiger partial charge >= 0.3 is 47.4 Å². The fourth-order valence-electron chi connectivity index (χ4n) is 5.83. The molecule has 0 saturated carbocycles. The number of halogens is 16. The summed E-state index contributed by atoms with van der Waals surface area (Å²) >= 11 is 0. The first-order chi connectivity index (χ1) is 20.4. The lowest BCUT2D eigenvalue weighted by Crippen LogP contribution is -2.74. The first-order valence-corrected chi connectivity index (χ1v) is 18.1. The van der Waals surface area contributed by atoms with Crippen LogP contribution in [-0.4, -0.2) is 80.3 Å². The second-order valence-corrected chi connectivity index (χ2v) is 24.0. The van der Waals surface area contributed by atoms with Crippen LogP contribution in [0.5, 0.6) is 0 Å². The van der Waals surface area contributed by atoms with E-state index in [-0.39, 0.29) is 12.3 Å². The quantitative estimate of drug-likeness (QED) is 0.115. The third-order valence-electron chi connectivity index (χ3n) is 7.87. The van der Waals surface area contributed by atoms with Gasteiger partial charge in [-0.3, -0.25) is 0 Å². The molecule has 0 N–H and O–H groups in total. The van der Waals surface area contributed by atoms with Gasteiger partial charge in [0.25, 0.3) is 0 Å². The molecule has 48 heavy (non-hydrogen) atoms. The van der Waals surface area contributed by atoms with Crippen LogP contribution in [0.25, 0.3) is 0 Å². The van der Waals surface area contributed by atoms with Crippen LogP contribution < -0.4 is 0 Å². The Morgan fingerprint density at radius 2 is 0.458 bits per heavy atom. The maximum atomic E-state index is 14.5. The molecule has 0 aliphatic heterocycles. The Morgan fingerprint density at radius 3 is 0.625 bits per heavy atom. The molecule has 0 atom stereocenters. The summed E-state index contributed by atoms with van der Waals surface area (Å²) in [4.78, 5) is 0. The molecule has 0 nitrogen and oxygen atoms in total. The van der Waals surface area contributed by atoms with Gasteiger partial charge < -0.3 is 0 Å². The summed E-state index contributed by atoms with van der Waals surface area (Å²) in [5.41, 5.74) is 0. The van der Waals surface area contributed by atoms with Crippen molar-refractivity contribution in [3.8, 4) is 0 Å². The highest BCUT2D eigenvalue weighted by atomic mass is 31.1. The predicted octanol–water partition coefficient (Wildman–Crippen LogP) is 13.8. The van der Waals surface area contributed by atoms with E-state index in [4.69, 9.17) is 0 Å². The molecule has 0 rings (SSSR count). The van der Waals surface area contributed by atoms with Crippen molar-refractivity contribution in [1.29, 1.82) is 0 Å². The molecule has 0 aliphatic carbocycles. The molecule has 0 spiro atoms. The Hall–Kier alpha value is -0.260. The zero-order chi connectivity index (χ0) is 39.4. The van der Waals surface area contributed by atoms with E-state index < -0.39 is 110 Å². The van der Waals surface area contributed by atoms with Crippen LogP contribution in [0.1, 0.15) is 109 Å². The van der Waals surface area contributed by atoms with E-state index in [1.807, 2.05) is 0 Å². The molecule has 0 heterocycles. The molecule has 0 amide bonds. The van der Waals surface area contributed by atoms with Gasteiger partial charge in [0.15, 0.2) is 0 Å². The van der Waals surface area contributed by atoms with E-state index in [0.717, 1.165) is 0 Å². The van der Waals surface area contributed by atoms with E-state index in [1.165, 1.54) is 0 Å². The summed E-state index contributed by atoms with van der Waals surface area (Å²) in [7, 11) is -2.69. The molecule has 0 radical (unpaired) electrons. The van der Waals surface area contributed by atoms with E-state index in [2.05, 4.69) is 0 Å². The molecular formula is C30H48F16P2. The third-order valence-corrected chi connectivity index (χ3v) is 15.9. The average Bonchev–Trinajstić information content (AvgIpc) is 2.80. The van der Waals surface area contributed by atoms with Gasteiger partial charge in [-0.1, -0.05) is 98.9 Å². The summed E-state index contributed by atoms with van der Waals surface area (Å²) < 4.78 is 231. The van der Waals surface area contributed by atoms with E-state index in [0.29, 0.717) is 0 Å². The average molecular weight is 775 g/mol. The van der Waals surface area contributed by atoms with E-state index >= 15 is 0 Å². The molecule has 0 saturated heterocycles. The van der Waals surface area contributed by atoms with Crippen molar-refractivity contribution in [3.63, 3.8) is 0 Å². The number of hydrogen-bond acceptors (Lipinski definition) is 0. The molecule has 0 fully saturated rings. The van der Waals surface area contributed by atoms with Gasteiger partial charge in [0.2, 0.25) is 0 Å². The topological polar surface area (TPSA) is 0 Å². The minimum atomic E-state index is -8.38. The standard InChI is InChI=1S/C30H48F16P2/c1-19(2,3)47(20(4,5)6)17-13-15-23(31,32)25(35,36)27(39,40)29(43,44)30(45,46)28(41,42)26(37,38)24(33,34)16-14-18-48(21(7,8)9)22(10,11)12/h13-18H2,1-12H3. The predicted molar refractivity (Wildman–Crippen MR) is 161 cm³/mol. The molecule has 290 valence electrons. The van der Waals surface area contributed by atoms with Gasteiger partial charge in [-0.25, -0.2) is 0 Å². The van der Waals surface area contributed by atoms with Gasteiger partial charge in [-0.2, -0.15) is 70.2 Å². The van der Waals surface area contributed by atoms with Gasteiger partial charge in [0, 0.05) is 12.8 Å². The summed E-state index contributed by atoms with van der Waals surface area (Å²) in [5, 5.41) is -2.48. The zero-order valence-electron chi connectivity index (χ0n) is 29.2. The van der Waals surface area contributed by atoms with Crippen LogP contribution >= 0.6 is 15.8 Å². The van der Waals surface area contributed by atoms with Gasteiger partial charge in [0.1, 0.15) is 0 Å². The zero-order valence-corrected chi connectivity index (χ0v) is 31.0. The van der Waals surface area contributed by atoms with Crippen LogP contribution in [0.3, 0.4) is 0 Å². The Bertz CT molecular complexity index is 947. The minimum Gasteiger partial charge on any atom is -0.200 e. The molecule has 0 aromatic heterocycles. The van der Waals surface area contributed by atoms with Crippen molar-refractivity contribution in [3.05, 3.63) is 0 Å². The van der Waals surface area contributed by atoms with Crippen LogP contribution in [-0.2, 0) is 0 Å². The largest absolute Gasteiger partial charge is 0.384 e. The van der Waals surface area contributed by atoms with Crippen molar-refractivity contribution in [2.75, 3.05) is 12.3 Å². The first-order valence-electron chi connectivity index (χ1n) is 15.0. The van der Waals surface area contributed by atoms with Crippen LogP contribution in [0.4, 0.5) is 70.2 Å². The second-order valence-electron chi connectivity index (χ2n) is 16.0. The van der Waals surface area contributed by atoms with Crippen LogP contribution in [0.2, 0.25) is 0 Å². The maximum Gasteiger partial charge on any atom is 0.384 e. The summed E-state index contributed by atoms with van der Waals surface area (Å²) in [6.07, 6.45) is -7.32. The van der Waals surface area contributed by atoms with Gasteiger partial charge in [-0.15, -0.1) is 0 Å². The van der Waals surface area contributed by atoms with Crippen molar-refractivity contribution in [1.82, 2.24) is 0 Å². The normalized spacial score (nSPS) is 16.4. The molecule has 18 heteroatoms. The van der Waals surface area contributed by atoms with Crippen molar-refractivity contribution in [2.45, 2.75) is 177 Å². The highest BCUT2D eigenvalue weighted by Gasteiger charge is 2.94. The molecule has 0 bridgehead atoms. The number of rotatable bonds is 15. The lowest BCUT2D eigenvalue weighted by atomic mass is 9.86. The summed E-state index contributed by atoms with van der Waals surface area (Å²) in [5.74, 6) is -60.6. The fourth-order valence-corrected chi connectivity index (χ4v) is 13.5. The second kappa shape index (κ2) is 13.9. The SMILES string of the molecule is CC(C)(C)P(CCCC(F)(F)C(F)(F)C(F)(F)C(F)(F)C(F)(F)C(F)(F)C(F)(F)C(F)(F)CCCP(C(C)(C)C)C(C)(C)C)C(C)(C)C. The number of hydrogen-bond donors (Lipinski definition) is 0. The van der Waals surface area contributed by atoms with E-state index in [1.54, 1.807) is 83.1 Å². The monoisotopic (exact) mass is 774 g/mol. The van der Waals surface area contributed by atoms with E-state index in [9.17, 15) is 70.2 Å². The summed E-state index contributed by atoms with van der Waals surface area (Å²) in [6.45, 7) is 19.9. The van der Waals surface area contributed by atoms with Crippen LogP contribution in [0.15, 0.2) is 0 Å². The smallest absolute Gasteiger partial charge is 0.200 e. The molecule has 0 aromatic carbocycles. The maximum absolute atomic E-state index is 14.5. The summed E-state index contributed by atoms with van der Waals surface area (Å²) in [6, 6.07) is 0. The first kappa shape index (κ1) is 47.7. The molecule has 0 aliphatic rings. The fraction of sp³-hybridized carbons (Fsp3) is 1.00. The lowest BCUT2D eigenvalue weighted by molar-refractivity contribution is -0.453. The highest BCUT2D eigenvalue weighted by molar-refractivity contribution is 7.61. The molecular weight excluding hydrogens is 726 g/mol. The van der Waals surface area contributed by atoms with Gasteiger partial charge in [-0.05, 0) is 45.8 Å². The number of alkyl halides is 16. The lowest BCUT2D eigenvalue weighted by Gasteiger charge is -2.44. The Labute approximate surface area is 275 Å². The highest BCUT2D eigenvalue weighted by Crippen LogP contribution is 2.66. The minimum absolute atomic E-state index is 0.321. The van der Waals surface area contributed by atoms with Crippen molar-refractivity contribution >= 4 is 15.8 Å². The van der Waals surface area contributed by atoms with Crippen molar-refractivity contribution in [2.24, 2.45) is 0 Å². The Balaban J connectivity index is 6.49. The van der Waals surface area contributed by atoms with Crippen LogP contribution in [0, 0.1) is 0 Å². The molecule has 0 aromatic rings.